The van der Waals surface area contributed by atoms with Crippen LogP contribution >= 0.6 is 23.2 Å². The normalized spacial score (nSPS) is 14.8. The molecule has 0 N–H and O–H groups in total. The van der Waals surface area contributed by atoms with Crippen molar-refractivity contribution in [1.29, 1.82) is 0 Å². The Bertz CT molecular complexity index is 435. The maximum absolute atomic E-state index is 11.9. The molecule has 2 nitrogen and oxygen atoms in total. The Morgan fingerprint density at radius 3 is 2.24 bits per heavy atom. The monoisotopic (exact) mass is 291 g/mol. The van der Waals surface area contributed by atoms with Crippen LogP contribution in [-0.2, 0) is 11.0 Å². The Kier molecular flexibility index (Phi) is 5.17. The third kappa shape index (κ3) is 4.41. The molecule has 0 saturated carbocycles. The first-order chi connectivity index (χ1) is 7.84. The van der Waals surface area contributed by atoms with Crippen LogP contribution in [0.1, 0.15) is 26.3 Å². The van der Waals surface area contributed by atoms with Crippen LogP contribution in [0.4, 0.5) is 0 Å². The molecular formula is C12H15Cl2NOS. The maximum Gasteiger partial charge on any atom is 0.145 e. The molecule has 17 heavy (non-hydrogen) atoms. The van der Waals surface area contributed by atoms with Gasteiger partial charge in [-0.1, -0.05) is 23.7 Å². The minimum Gasteiger partial charge on any atom is -0.234 e. The van der Waals surface area contributed by atoms with E-state index in [1.807, 2.05) is 32.9 Å². The second-order valence-electron chi connectivity index (χ2n) is 4.54. The van der Waals surface area contributed by atoms with E-state index >= 15 is 0 Å². The van der Waals surface area contributed by atoms with E-state index < -0.39 is 11.0 Å². The van der Waals surface area contributed by atoms with Crippen LogP contribution in [-0.4, -0.2) is 20.5 Å². The van der Waals surface area contributed by atoms with Gasteiger partial charge < -0.3 is 0 Å². The average Bonchev–Trinajstić information content (AvgIpc) is 2.25. The smallest absolute Gasteiger partial charge is 0.145 e. The van der Waals surface area contributed by atoms with Crippen LogP contribution in [0.3, 0.4) is 0 Å². The molecule has 0 saturated heterocycles. The number of rotatable bonds is 3. The van der Waals surface area contributed by atoms with E-state index in [4.69, 9.17) is 23.2 Å². The lowest BCUT2D eigenvalue weighted by molar-refractivity contribution is 0.650. The van der Waals surface area contributed by atoms with Crippen molar-refractivity contribution in [3.63, 3.8) is 0 Å². The molecular weight excluding hydrogens is 277 g/mol. The number of alkyl halides is 1. The van der Waals surface area contributed by atoms with Crippen LogP contribution in [0.25, 0.3) is 0 Å². The fourth-order valence-electron chi connectivity index (χ4n) is 1.03. The molecule has 0 aliphatic heterocycles. The van der Waals surface area contributed by atoms with Gasteiger partial charge in [0.2, 0.25) is 0 Å². The van der Waals surface area contributed by atoms with Crippen molar-refractivity contribution in [1.82, 2.24) is 0 Å². The number of hydrogen-bond donors (Lipinski definition) is 0. The molecule has 94 valence electrons. The minimum atomic E-state index is -1.30. The van der Waals surface area contributed by atoms with Gasteiger partial charge in [0.15, 0.2) is 0 Å². The molecule has 1 rings (SSSR count). The van der Waals surface area contributed by atoms with Crippen molar-refractivity contribution >= 4 is 39.9 Å². The van der Waals surface area contributed by atoms with Gasteiger partial charge in [-0.15, -0.1) is 11.6 Å². The Balaban J connectivity index is 3.04. The lowest BCUT2D eigenvalue weighted by atomic mass is 10.1. The van der Waals surface area contributed by atoms with Crippen molar-refractivity contribution < 1.29 is 4.21 Å². The summed E-state index contributed by atoms with van der Waals surface area (Å²) < 4.78 is 15.7. The third-order valence-corrected chi connectivity index (χ3v) is 3.96. The Labute approximate surface area is 115 Å². The van der Waals surface area contributed by atoms with Crippen molar-refractivity contribution in [3.8, 4) is 0 Å². The standard InChI is InChI=1S/C12H15Cl2NOS/c1-12(2,3)17(16)15-11(8-13)9-4-6-10(14)7-5-9/h4-7H,8H2,1-3H3/b15-11+. The van der Waals surface area contributed by atoms with Gasteiger partial charge in [-0.25, -0.2) is 4.21 Å². The van der Waals surface area contributed by atoms with E-state index in [-0.39, 0.29) is 10.6 Å². The summed E-state index contributed by atoms with van der Waals surface area (Å²) in [6.07, 6.45) is 0. The van der Waals surface area contributed by atoms with Crippen LogP contribution in [0.2, 0.25) is 5.02 Å². The number of hydrogen-bond acceptors (Lipinski definition) is 1. The summed E-state index contributed by atoms with van der Waals surface area (Å²) in [6, 6.07) is 7.17. The average molecular weight is 292 g/mol. The molecule has 0 heterocycles. The predicted octanol–water partition coefficient (Wildman–Crippen LogP) is 3.83. The molecule has 0 aliphatic rings. The third-order valence-electron chi connectivity index (χ3n) is 2.02. The van der Waals surface area contributed by atoms with E-state index in [1.165, 1.54) is 0 Å². The number of nitrogens with zero attached hydrogens (tertiary/aromatic N) is 1. The van der Waals surface area contributed by atoms with Crippen LogP contribution in [0.5, 0.6) is 0 Å². The van der Waals surface area contributed by atoms with E-state index in [9.17, 15) is 4.21 Å². The lowest BCUT2D eigenvalue weighted by Gasteiger charge is -2.14. The second kappa shape index (κ2) is 5.98. The molecule has 0 spiro atoms. The Morgan fingerprint density at radius 1 is 1.29 bits per heavy atom. The molecule has 5 heteroatoms. The molecule has 0 bridgehead atoms. The van der Waals surface area contributed by atoms with E-state index in [0.29, 0.717) is 10.7 Å². The molecule has 0 amide bonds. The zero-order valence-corrected chi connectivity index (χ0v) is 12.4. The van der Waals surface area contributed by atoms with E-state index in [0.717, 1.165) is 5.56 Å². The van der Waals surface area contributed by atoms with Gasteiger partial charge >= 0.3 is 0 Å². The molecule has 0 radical (unpaired) electrons. The van der Waals surface area contributed by atoms with Crippen molar-refractivity contribution in [2.75, 3.05) is 5.88 Å². The summed E-state index contributed by atoms with van der Waals surface area (Å²) in [5.74, 6) is 0.226. The van der Waals surface area contributed by atoms with Gasteiger partial charge in [-0.2, -0.15) is 4.40 Å². The SMILES string of the molecule is CC(C)(C)S(=O)/N=C(\CCl)c1ccc(Cl)cc1. The predicted molar refractivity (Wildman–Crippen MR) is 76.6 cm³/mol. The molecule has 1 aromatic rings. The van der Waals surface area contributed by atoms with E-state index in [1.54, 1.807) is 12.1 Å². The van der Waals surface area contributed by atoms with Gasteiger partial charge in [0.1, 0.15) is 11.0 Å². The van der Waals surface area contributed by atoms with Crippen LogP contribution in [0.15, 0.2) is 28.7 Å². The Morgan fingerprint density at radius 2 is 1.82 bits per heavy atom. The summed E-state index contributed by atoms with van der Waals surface area (Å²) in [6.45, 7) is 5.63. The molecule has 0 aromatic heterocycles. The summed E-state index contributed by atoms with van der Waals surface area (Å²) >= 11 is 11.6. The highest BCUT2D eigenvalue weighted by Gasteiger charge is 2.19. The highest BCUT2D eigenvalue weighted by molar-refractivity contribution is 7.85. The minimum absolute atomic E-state index is 0.226. The van der Waals surface area contributed by atoms with Gasteiger partial charge in [0.05, 0.1) is 16.3 Å². The van der Waals surface area contributed by atoms with Crippen molar-refractivity contribution in [3.05, 3.63) is 34.9 Å². The number of halogens is 2. The van der Waals surface area contributed by atoms with Crippen molar-refractivity contribution in [2.45, 2.75) is 25.5 Å². The topological polar surface area (TPSA) is 29.4 Å². The molecule has 1 atom stereocenters. The van der Waals surface area contributed by atoms with Crippen LogP contribution < -0.4 is 0 Å². The van der Waals surface area contributed by atoms with E-state index in [2.05, 4.69) is 4.40 Å². The highest BCUT2D eigenvalue weighted by Crippen LogP contribution is 2.16. The van der Waals surface area contributed by atoms with Gasteiger partial charge in [0, 0.05) is 5.02 Å². The van der Waals surface area contributed by atoms with Gasteiger partial charge in [-0.05, 0) is 38.5 Å². The number of benzene rings is 1. The maximum atomic E-state index is 11.9. The molecule has 0 aliphatic carbocycles. The zero-order valence-electron chi connectivity index (χ0n) is 10.0. The van der Waals surface area contributed by atoms with Crippen molar-refractivity contribution in [2.24, 2.45) is 4.40 Å². The summed E-state index contributed by atoms with van der Waals surface area (Å²) in [4.78, 5) is 0. The Hall–Kier alpha value is -0.380. The van der Waals surface area contributed by atoms with Gasteiger partial charge in [-0.3, -0.25) is 0 Å². The molecule has 1 unspecified atom stereocenters. The largest absolute Gasteiger partial charge is 0.234 e. The fraction of sp³-hybridized carbons (Fsp3) is 0.417. The first-order valence-corrected chi connectivity index (χ1v) is 7.18. The van der Waals surface area contributed by atoms with Crippen LogP contribution in [0, 0.1) is 0 Å². The lowest BCUT2D eigenvalue weighted by Crippen LogP contribution is -2.21. The quantitative estimate of drug-likeness (QED) is 0.615. The first-order valence-electron chi connectivity index (χ1n) is 5.16. The summed E-state index contributed by atoms with van der Waals surface area (Å²) in [7, 11) is -1.30. The summed E-state index contributed by atoms with van der Waals surface area (Å²) in [5, 5.41) is 0.652. The summed E-state index contributed by atoms with van der Waals surface area (Å²) in [5.41, 5.74) is 1.47. The highest BCUT2D eigenvalue weighted by atomic mass is 35.5. The molecule has 0 fully saturated rings. The van der Waals surface area contributed by atoms with Gasteiger partial charge in [0.25, 0.3) is 0 Å². The fourth-order valence-corrected chi connectivity index (χ4v) is 2.09. The first kappa shape index (κ1) is 14.7. The second-order valence-corrected chi connectivity index (χ2v) is 7.15. The molecule has 1 aromatic carbocycles. The zero-order chi connectivity index (χ0) is 13.1.